The normalized spacial score (nSPS) is 10.9. The molecule has 1 aromatic heterocycles. The summed E-state index contributed by atoms with van der Waals surface area (Å²) in [6, 6.07) is 9.47. The van der Waals surface area contributed by atoms with Crippen molar-refractivity contribution in [3.05, 3.63) is 58.7 Å². The van der Waals surface area contributed by atoms with Crippen molar-refractivity contribution in [3.8, 4) is 11.5 Å². The van der Waals surface area contributed by atoms with Gasteiger partial charge < -0.3 is 14.8 Å². The van der Waals surface area contributed by atoms with Gasteiger partial charge in [0.2, 0.25) is 0 Å². The number of benzene rings is 2. The van der Waals surface area contributed by atoms with E-state index in [0.29, 0.717) is 27.3 Å². The average Bonchev–Trinajstić information content (AvgIpc) is 3.16. The maximum Gasteiger partial charge on any atom is 0.259 e. The summed E-state index contributed by atoms with van der Waals surface area (Å²) in [5.41, 5.74) is 3.35. The molecule has 0 aliphatic rings. The van der Waals surface area contributed by atoms with Gasteiger partial charge in [0.25, 0.3) is 11.8 Å². The zero-order valence-electron chi connectivity index (χ0n) is 15.7. The van der Waals surface area contributed by atoms with Crippen molar-refractivity contribution in [1.29, 1.82) is 0 Å². The van der Waals surface area contributed by atoms with Crippen LogP contribution in [-0.4, -0.2) is 38.8 Å². The van der Waals surface area contributed by atoms with Gasteiger partial charge in [-0.05, 0) is 24.3 Å². The Kier molecular flexibility index (Phi) is 6.40. The van der Waals surface area contributed by atoms with E-state index in [0.717, 1.165) is 5.39 Å². The standard InChI is InChI=1S/C20H18FN3O4S/c1-27-16-7-6-12(8-17(16)28-2)20(26)22-10-18(25)24-23-9-13-11-29-19-14(13)4-3-5-15(19)21/h3-9,11H,10H2,1-2H3,(H,22,26)(H,24,25). The third kappa shape index (κ3) is 4.69. The lowest BCUT2D eigenvalue weighted by Crippen LogP contribution is -2.34. The second kappa shape index (κ2) is 9.16. The van der Waals surface area contributed by atoms with Crippen LogP contribution >= 0.6 is 11.3 Å². The lowest BCUT2D eigenvalue weighted by Gasteiger charge is -2.09. The highest BCUT2D eigenvalue weighted by molar-refractivity contribution is 7.17. The molecule has 9 heteroatoms. The second-order valence-electron chi connectivity index (χ2n) is 5.85. The largest absolute Gasteiger partial charge is 0.493 e. The van der Waals surface area contributed by atoms with Crippen LogP contribution in [0.1, 0.15) is 15.9 Å². The summed E-state index contributed by atoms with van der Waals surface area (Å²) in [6.45, 7) is -0.260. The Bertz CT molecular complexity index is 1080. The molecule has 0 fully saturated rings. The van der Waals surface area contributed by atoms with E-state index in [-0.39, 0.29) is 12.4 Å². The molecule has 0 radical (unpaired) electrons. The minimum atomic E-state index is -0.499. The van der Waals surface area contributed by atoms with Gasteiger partial charge >= 0.3 is 0 Å². The Labute approximate surface area is 170 Å². The lowest BCUT2D eigenvalue weighted by atomic mass is 10.2. The summed E-state index contributed by atoms with van der Waals surface area (Å²) in [4.78, 5) is 24.1. The van der Waals surface area contributed by atoms with Crippen molar-refractivity contribution in [2.75, 3.05) is 20.8 Å². The maximum absolute atomic E-state index is 13.7. The highest BCUT2D eigenvalue weighted by Gasteiger charge is 2.12. The van der Waals surface area contributed by atoms with Gasteiger partial charge in [0.15, 0.2) is 11.5 Å². The molecule has 0 atom stereocenters. The molecule has 0 saturated carbocycles. The summed E-state index contributed by atoms with van der Waals surface area (Å²) in [5, 5.41) is 8.84. The number of carbonyl (C=O) groups excluding carboxylic acids is 2. The predicted molar refractivity (Wildman–Crippen MR) is 109 cm³/mol. The first-order valence-electron chi connectivity index (χ1n) is 8.51. The quantitative estimate of drug-likeness (QED) is 0.459. The van der Waals surface area contributed by atoms with E-state index >= 15 is 0 Å². The Morgan fingerprint density at radius 2 is 1.97 bits per heavy atom. The molecule has 3 rings (SSSR count). The Morgan fingerprint density at radius 1 is 1.17 bits per heavy atom. The molecular weight excluding hydrogens is 397 g/mol. The van der Waals surface area contributed by atoms with E-state index in [1.54, 1.807) is 29.6 Å². The topological polar surface area (TPSA) is 89.0 Å². The monoisotopic (exact) mass is 415 g/mol. The molecule has 0 unspecified atom stereocenters. The number of hydrogen-bond acceptors (Lipinski definition) is 6. The van der Waals surface area contributed by atoms with Crippen molar-refractivity contribution in [3.63, 3.8) is 0 Å². The van der Waals surface area contributed by atoms with Crippen LogP contribution < -0.4 is 20.2 Å². The van der Waals surface area contributed by atoms with Crippen LogP contribution in [0.25, 0.3) is 10.1 Å². The predicted octanol–water partition coefficient (Wildman–Crippen LogP) is 2.94. The third-order valence-electron chi connectivity index (χ3n) is 4.03. The van der Waals surface area contributed by atoms with Crippen molar-refractivity contribution in [1.82, 2.24) is 10.7 Å². The van der Waals surface area contributed by atoms with E-state index < -0.39 is 11.8 Å². The van der Waals surface area contributed by atoms with Crippen LogP contribution in [0.15, 0.2) is 46.9 Å². The minimum Gasteiger partial charge on any atom is -0.493 e. The van der Waals surface area contributed by atoms with Gasteiger partial charge in [-0.1, -0.05) is 12.1 Å². The van der Waals surface area contributed by atoms with Crippen LogP contribution in [0.4, 0.5) is 4.39 Å². The molecule has 2 aromatic carbocycles. The number of nitrogens with zero attached hydrogens (tertiary/aromatic N) is 1. The first kappa shape index (κ1) is 20.3. The number of hydrazone groups is 1. The zero-order valence-corrected chi connectivity index (χ0v) is 16.5. The molecule has 0 aliphatic carbocycles. The fraction of sp³-hybridized carbons (Fsp3) is 0.150. The van der Waals surface area contributed by atoms with Crippen molar-refractivity contribution < 1.29 is 23.5 Å². The first-order chi connectivity index (χ1) is 14.0. The second-order valence-corrected chi connectivity index (χ2v) is 6.73. The molecule has 0 saturated heterocycles. The number of hydrogen-bond donors (Lipinski definition) is 2. The molecule has 150 valence electrons. The summed E-state index contributed by atoms with van der Waals surface area (Å²) in [7, 11) is 2.97. The van der Waals surface area contributed by atoms with E-state index in [1.165, 1.54) is 43.9 Å². The van der Waals surface area contributed by atoms with Gasteiger partial charge in [0.1, 0.15) is 5.82 Å². The van der Waals surface area contributed by atoms with Crippen molar-refractivity contribution in [2.24, 2.45) is 5.10 Å². The van der Waals surface area contributed by atoms with Gasteiger partial charge in [0.05, 0.1) is 31.7 Å². The van der Waals surface area contributed by atoms with Gasteiger partial charge in [-0.2, -0.15) is 5.10 Å². The van der Waals surface area contributed by atoms with Gasteiger partial charge in [-0.25, -0.2) is 9.82 Å². The van der Waals surface area contributed by atoms with E-state index in [2.05, 4.69) is 15.8 Å². The molecule has 0 spiro atoms. The van der Waals surface area contributed by atoms with Crippen LogP contribution in [0.2, 0.25) is 0 Å². The number of amides is 2. The first-order valence-corrected chi connectivity index (χ1v) is 9.39. The molecule has 29 heavy (non-hydrogen) atoms. The van der Waals surface area contributed by atoms with Crippen molar-refractivity contribution >= 4 is 39.5 Å². The lowest BCUT2D eigenvalue weighted by molar-refractivity contribution is -0.120. The Hall–Kier alpha value is -3.46. The molecule has 0 aliphatic heterocycles. The number of halogens is 1. The highest BCUT2D eigenvalue weighted by Crippen LogP contribution is 2.28. The number of ether oxygens (including phenoxy) is 2. The molecular formula is C20H18FN3O4S. The molecule has 2 amide bonds. The molecule has 0 bridgehead atoms. The number of thiophene rings is 1. The number of methoxy groups -OCH3 is 2. The number of carbonyl (C=O) groups is 2. The van der Waals surface area contributed by atoms with Crippen LogP contribution in [-0.2, 0) is 4.79 Å². The summed E-state index contributed by atoms with van der Waals surface area (Å²) >= 11 is 1.26. The Morgan fingerprint density at radius 3 is 2.72 bits per heavy atom. The van der Waals surface area contributed by atoms with Crippen LogP contribution in [0.5, 0.6) is 11.5 Å². The molecule has 7 nitrogen and oxygen atoms in total. The molecule has 3 aromatic rings. The average molecular weight is 415 g/mol. The van der Waals surface area contributed by atoms with Gasteiger partial charge in [0, 0.05) is 21.9 Å². The van der Waals surface area contributed by atoms with E-state index in [9.17, 15) is 14.0 Å². The van der Waals surface area contributed by atoms with E-state index in [4.69, 9.17) is 9.47 Å². The third-order valence-corrected chi connectivity index (χ3v) is 5.05. The fourth-order valence-corrected chi connectivity index (χ4v) is 3.52. The summed E-state index contributed by atoms with van der Waals surface area (Å²) < 4.78 is 24.5. The van der Waals surface area contributed by atoms with Crippen LogP contribution in [0.3, 0.4) is 0 Å². The fourth-order valence-electron chi connectivity index (χ4n) is 2.60. The highest BCUT2D eigenvalue weighted by atomic mass is 32.1. The number of nitrogens with one attached hydrogen (secondary N) is 2. The number of rotatable bonds is 7. The zero-order chi connectivity index (χ0) is 20.8. The van der Waals surface area contributed by atoms with E-state index in [1.807, 2.05) is 0 Å². The van der Waals surface area contributed by atoms with Crippen molar-refractivity contribution in [2.45, 2.75) is 0 Å². The smallest absolute Gasteiger partial charge is 0.259 e. The SMILES string of the molecule is COc1ccc(C(=O)NCC(=O)NN=Cc2csc3c(F)cccc23)cc1OC. The Balaban J connectivity index is 1.55. The summed E-state index contributed by atoms with van der Waals surface area (Å²) in [6.07, 6.45) is 1.44. The minimum absolute atomic E-state index is 0.260. The van der Waals surface area contributed by atoms with Gasteiger partial charge in [-0.15, -0.1) is 11.3 Å². The summed E-state index contributed by atoms with van der Waals surface area (Å²) in [5.74, 6) is -0.329. The van der Waals surface area contributed by atoms with Gasteiger partial charge in [-0.3, -0.25) is 9.59 Å². The maximum atomic E-state index is 13.7. The molecule has 1 heterocycles. The molecule has 2 N–H and O–H groups in total. The number of fused-ring (bicyclic) bond motifs is 1. The van der Waals surface area contributed by atoms with Crippen LogP contribution in [0, 0.1) is 5.82 Å².